The summed E-state index contributed by atoms with van der Waals surface area (Å²) in [5.74, 6) is 1.18. The fourth-order valence-corrected chi connectivity index (χ4v) is 2.37. The third-order valence-corrected chi connectivity index (χ3v) is 3.23. The molecule has 0 heterocycles. The van der Waals surface area contributed by atoms with Gasteiger partial charge in [0, 0.05) is 6.04 Å². The maximum Gasteiger partial charge on any atom is 0.116 e. The maximum absolute atomic E-state index is 9.45. The molecule has 0 spiro atoms. The first kappa shape index (κ1) is 10.5. The van der Waals surface area contributed by atoms with Crippen molar-refractivity contribution < 1.29 is 5.11 Å². The highest BCUT2D eigenvalue weighted by molar-refractivity contribution is 5.42. The zero-order chi connectivity index (χ0) is 11.0. The number of nitrogens with two attached hydrogens (primary N) is 1. The third kappa shape index (κ3) is 2.32. The summed E-state index contributed by atoms with van der Waals surface area (Å²) in [6.45, 7) is 4.05. The molecule has 1 aliphatic rings. The topological polar surface area (TPSA) is 46.2 Å². The molecule has 2 nitrogen and oxygen atoms in total. The number of phenols is 1. The molecule has 0 unspecified atom stereocenters. The van der Waals surface area contributed by atoms with Gasteiger partial charge in [-0.1, -0.05) is 12.8 Å². The fourth-order valence-electron chi connectivity index (χ4n) is 2.37. The van der Waals surface area contributed by atoms with Crippen molar-refractivity contribution in [3.8, 4) is 5.75 Å². The van der Waals surface area contributed by atoms with Gasteiger partial charge in [-0.3, -0.25) is 0 Å². The van der Waals surface area contributed by atoms with Gasteiger partial charge in [0.25, 0.3) is 0 Å². The molecule has 3 N–H and O–H groups in total. The predicted octanol–water partition coefficient (Wildman–Crippen LogP) is 2.81. The van der Waals surface area contributed by atoms with Crippen LogP contribution in [-0.4, -0.2) is 5.11 Å². The van der Waals surface area contributed by atoms with Crippen molar-refractivity contribution in [3.63, 3.8) is 0 Å². The minimum atomic E-state index is 0.137. The van der Waals surface area contributed by atoms with Gasteiger partial charge in [0.15, 0.2) is 0 Å². The minimum Gasteiger partial charge on any atom is -0.508 e. The van der Waals surface area contributed by atoms with E-state index in [9.17, 15) is 5.11 Å². The lowest BCUT2D eigenvalue weighted by Gasteiger charge is -2.17. The van der Waals surface area contributed by atoms with Gasteiger partial charge in [-0.2, -0.15) is 0 Å². The number of phenolic OH excluding ortho intramolecular Hbond substituents is 1. The van der Waals surface area contributed by atoms with E-state index in [-0.39, 0.29) is 6.04 Å². The van der Waals surface area contributed by atoms with Crippen molar-refractivity contribution >= 4 is 0 Å². The Bertz CT molecular complexity index is 346. The fraction of sp³-hybridized carbons (Fsp3) is 0.538. The quantitative estimate of drug-likeness (QED) is 0.797. The van der Waals surface area contributed by atoms with Crippen LogP contribution in [0.25, 0.3) is 0 Å². The van der Waals surface area contributed by atoms with E-state index in [1.807, 2.05) is 13.8 Å². The lowest BCUT2D eigenvalue weighted by atomic mass is 9.93. The molecule has 2 rings (SSSR count). The monoisotopic (exact) mass is 205 g/mol. The molecule has 1 aromatic rings. The Hall–Kier alpha value is -1.02. The number of rotatable bonds is 3. The van der Waals surface area contributed by atoms with Crippen LogP contribution in [0.3, 0.4) is 0 Å². The Balaban J connectivity index is 2.24. The highest BCUT2D eigenvalue weighted by atomic mass is 16.3. The van der Waals surface area contributed by atoms with Gasteiger partial charge in [0.05, 0.1) is 0 Å². The Labute approximate surface area is 91.1 Å². The van der Waals surface area contributed by atoms with Crippen LogP contribution < -0.4 is 5.73 Å². The Morgan fingerprint density at radius 1 is 1.33 bits per heavy atom. The van der Waals surface area contributed by atoms with Crippen molar-refractivity contribution in [1.82, 2.24) is 0 Å². The minimum absolute atomic E-state index is 0.137. The second kappa shape index (κ2) is 3.86. The van der Waals surface area contributed by atoms with Crippen molar-refractivity contribution in [2.45, 2.75) is 39.2 Å². The number of aryl methyl sites for hydroxylation is 2. The second-order valence-electron chi connectivity index (χ2n) is 4.78. The van der Waals surface area contributed by atoms with Gasteiger partial charge in [0.2, 0.25) is 0 Å². The smallest absolute Gasteiger partial charge is 0.116 e. The molecule has 2 heteroatoms. The van der Waals surface area contributed by atoms with E-state index in [1.165, 1.54) is 18.4 Å². The first-order valence-electron chi connectivity index (χ1n) is 5.63. The molecule has 15 heavy (non-hydrogen) atoms. The molecular weight excluding hydrogens is 186 g/mol. The summed E-state index contributed by atoms with van der Waals surface area (Å²) in [5.41, 5.74) is 9.65. The normalized spacial score (nSPS) is 17.8. The van der Waals surface area contributed by atoms with E-state index < -0.39 is 0 Å². The van der Waals surface area contributed by atoms with Gasteiger partial charge in [0.1, 0.15) is 5.75 Å². The van der Waals surface area contributed by atoms with E-state index in [1.54, 1.807) is 12.1 Å². The summed E-state index contributed by atoms with van der Waals surface area (Å²) in [6.07, 6.45) is 3.76. The van der Waals surface area contributed by atoms with E-state index >= 15 is 0 Å². The van der Waals surface area contributed by atoms with Crippen LogP contribution in [0.2, 0.25) is 0 Å². The highest BCUT2D eigenvalue weighted by Crippen LogP contribution is 2.38. The van der Waals surface area contributed by atoms with Gasteiger partial charge in [-0.15, -0.1) is 0 Å². The van der Waals surface area contributed by atoms with Gasteiger partial charge >= 0.3 is 0 Å². The van der Waals surface area contributed by atoms with Crippen LogP contribution in [0.1, 0.15) is 42.0 Å². The molecule has 1 atom stereocenters. The molecule has 0 bridgehead atoms. The van der Waals surface area contributed by atoms with Crippen LogP contribution in [-0.2, 0) is 0 Å². The van der Waals surface area contributed by atoms with Crippen LogP contribution in [0.4, 0.5) is 0 Å². The standard InChI is InChI=1S/C13H19NO/c1-8-5-11(15)6-9(2)13(8)12(14)7-10-3-4-10/h5-6,10,12,15H,3-4,7,14H2,1-2H3/t12-/m0/s1. The van der Waals surface area contributed by atoms with Crippen molar-refractivity contribution in [3.05, 3.63) is 28.8 Å². The molecular formula is C13H19NO. The molecule has 0 aromatic heterocycles. The van der Waals surface area contributed by atoms with Crippen molar-refractivity contribution in [2.24, 2.45) is 11.7 Å². The first-order chi connectivity index (χ1) is 7.08. The Morgan fingerprint density at radius 2 is 1.87 bits per heavy atom. The molecule has 0 aliphatic heterocycles. The van der Waals surface area contributed by atoms with Crippen molar-refractivity contribution in [2.75, 3.05) is 0 Å². The van der Waals surface area contributed by atoms with Crippen LogP contribution in [0.5, 0.6) is 5.75 Å². The summed E-state index contributed by atoms with van der Waals surface area (Å²) in [4.78, 5) is 0. The molecule has 1 saturated carbocycles. The second-order valence-corrected chi connectivity index (χ2v) is 4.78. The molecule has 0 radical (unpaired) electrons. The van der Waals surface area contributed by atoms with Gasteiger partial charge in [-0.25, -0.2) is 0 Å². The summed E-state index contributed by atoms with van der Waals surface area (Å²) in [7, 11) is 0. The molecule has 1 fully saturated rings. The highest BCUT2D eigenvalue weighted by Gasteiger charge is 2.25. The number of hydrogen-bond donors (Lipinski definition) is 2. The SMILES string of the molecule is Cc1cc(O)cc(C)c1[C@@H](N)CC1CC1. The molecule has 1 aromatic carbocycles. The van der Waals surface area contributed by atoms with E-state index in [0.717, 1.165) is 23.5 Å². The maximum atomic E-state index is 9.45. The molecule has 0 saturated heterocycles. The van der Waals surface area contributed by atoms with E-state index in [0.29, 0.717) is 5.75 Å². The lowest BCUT2D eigenvalue weighted by Crippen LogP contribution is -2.14. The van der Waals surface area contributed by atoms with E-state index in [4.69, 9.17) is 5.73 Å². The van der Waals surface area contributed by atoms with Crippen LogP contribution in [0.15, 0.2) is 12.1 Å². The van der Waals surface area contributed by atoms with Gasteiger partial charge < -0.3 is 10.8 Å². The third-order valence-electron chi connectivity index (χ3n) is 3.23. The summed E-state index contributed by atoms with van der Waals surface area (Å²) < 4.78 is 0. The summed E-state index contributed by atoms with van der Waals surface area (Å²) in [5, 5.41) is 9.45. The molecule has 1 aliphatic carbocycles. The molecule has 82 valence electrons. The average molecular weight is 205 g/mol. The average Bonchev–Trinajstić information content (AvgIpc) is 2.85. The van der Waals surface area contributed by atoms with Crippen LogP contribution in [0, 0.1) is 19.8 Å². The number of benzene rings is 1. The Kier molecular flexibility index (Phi) is 2.70. The lowest BCUT2D eigenvalue weighted by molar-refractivity contribution is 0.473. The predicted molar refractivity (Wildman–Crippen MR) is 61.9 cm³/mol. The first-order valence-corrected chi connectivity index (χ1v) is 5.63. The van der Waals surface area contributed by atoms with Crippen LogP contribution >= 0.6 is 0 Å². The van der Waals surface area contributed by atoms with Crippen molar-refractivity contribution in [1.29, 1.82) is 0 Å². The largest absolute Gasteiger partial charge is 0.508 e. The zero-order valence-corrected chi connectivity index (χ0v) is 9.46. The van der Waals surface area contributed by atoms with E-state index in [2.05, 4.69) is 0 Å². The van der Waals surface area contributed by atoms with Gasteiger partial charge in [-0.05, 0) is 55.0 Å². The zero-order valence-electron chi connectivity index (χ0n) is 9.46. The summed E-state index contributed by atoms with van der Waals surface area (Å²) in [6, 6.07) is 3.74. The number of aromatic hydroxyl groups is 1. The number of hydrogen-bond acceptors (Lipinski definition) is 2. The summed E-state index contributed by atoms with van der Waals surface area (Å²) >= 11 is 0. The molecule has 0 amide bonds. The Morgan fingerprint density at radius 3 is 2.33 bits per heavy atom.